The number of hydrogen-bond donors (Lipinski definition) is 2. The molecule has 1 aromatic heterocycles. The van der Waals surface area contributed by atoms with Gasteiger partial charge in [0.05, 0.1) is 18.2 Å². The molecule has 0 bridgehead atoms. The summed E-state index contributed by atoms with van der Waals surface area (Å²) in [7, 11) is 0. The number of aromatic nitrogens is 1. The van der Waals surface area contributed by atoms with Crippen LogP contribution in [0.15, 0.2) is 30.5 Å². The summed E-state index contributed by atoms with van der Waals surface area (Å²) >= 11 is 0. The molecule has 1 amide bonds. The highest BCUT2D eigenvalue weighted by Gasteiger charge is 2.21. The van der Waals surface area contributed by atoms with E-state index in [1.165, 1.54) is 4.90 Å². The first-order chi connectivity index (χ1) is 10.2. The molecule has 0 radical (unpaired) electrons. The zero-order chi connectivity index (χ0) is 15.2. The van der Waals surface area contributed by atoms with Crippen LogP contribution in [0, 0.1) is 22.7 Å². The Labute approximate surface area is 122 Å². The van der Waals surface area contributed by atoms with Crippen LogP contribution in [0.1, 0.15) is 5.56 Å². The summed E-state index contributed by atoms with van der Waals surface area (Å²) in [6, 6.07) is 10.7. The quantitative estimate of drug-likeness (QED) is 0.794. The molecule has 2 rings (SSSR count). The number of hydrogen-bond acceptors (Lipinski definition) is 4. The largest absolute Gasteiger partial charge is 0.361 e. The lowest BCUT2D eigenvalue weighted by Gasteiger charge is -2.20. The van der Waals surface area contributed by atoms with Crippen LogP contribution in [0.3, 0.4) is 0 Å². The Bertz CT molecular complexity index is 705. The molecule has 1 aromatic carbocycles. The summed E-state index contributed by atoms with van der Waals surface area (Å²) in [5.74, 6) is -0.386. The van der Waals surface area contributed by atoms with Crippen molar-refractivity contribution in [3.05, 3.63) is 36.0 Å². The minimum atomic E-state index is -0.772. The third-order valence-electron chi connectivity index (χ3n) is 3.27. The fourth-order valence-corrected chi connectivity index (χ4v) is 2.24. The highest BCUT2D eigenvalue weighted by molar-refractivity contribution is 5.86. The molecule has 0 aliphatic heterocycles. The fraction of sp³-hybridized carbons (Fsp3) is 0.267. The second-order valence-corrected chi connectivity index (χ2v) is 4.68. The zero-order valence-corrected chi connectivity index (χ0v) is 11.4. The predicted molar refractivity (Wildman–Crippen MR) is 77.8 cm³/mol. The Hall–Kier alpha value is -2.83. The average Bonchev–Trinajstić information content (AvgIpc) is 2.89. The SMILES string of the molecule is N#CCN(CC#N)C(=O)[C@H](N)Cc1c[nH]c2ccccc12. The second-order valence-electron chi connectivity index (χ2n) is 4.68. The maximum Gasteiger partial charge on any atom is 0.241 e. The number of nitriles is 2. The molecule has 0 aliphatic rings. The number of amides is 1. The Kier molecular flexibility index (Phi) is 4.55. The van der Waals surface area contributed by atoms with Crippen LogP contribution >= 0.6 is 0 Å². The standard InChI is InChI=1S/C15H15N5O/c16-5-7-20(8-6-17)15(21)13(18)9-11-10-19-14-4-2-1-3-12(11)14/h1-4,10,13,19H,7-9,18H2/t13-/m1/s1. The molecule has 3 N–H and O–H groups in total. The third kappa shape index (κ3) is 3.19. The van der Waals surface area contributed by atoms with E-state index in [2.05, 4.69) is 4.98 Å². The maximum atomic E-state index is 12.2. The van der Waals surface area contributed by atoms with Crippen LogP contribution in [0.5, 0.6) is 0 Å². The molecular formula is C15H15N5O. The Morgan fingerprint density at radius 3 is 2.62 bits per heavy atom. The van der Waals surface area contributed by atoms with Crippen molar-refractivity contribution in [1.82, 2.24) is 9.88 Å². The third-order valence-corrected chi connectivity index (χ3v) is 3.27. The topological polar surface area (TPSA) is 110 Å². The van der Waals surface area contributed by atoms with E-state index >= 15 is 0 Å². The van der Waals surface area contributed by atoms with Crippen LogP contribution in [0.2, 0.25) is 0 Å². The lowest BCUT2D eigenvalue weighted by Crippen LogP contribution is -2.45. The van der Waals surface area contributed by atoms with E-state index < -0.39 is 6.04 Å². The minimum absolute atomic E-state index is 0.131. The van der Waals surface area contributed by atoms with Crippen molar-refractivity contribution in [2.24, 2.45) is 5.73 Å². The van der Waals surface area contributed by atoms with Gasteiger partial charge in [0, 0.05) is 17.1 Å². The normalized spacial score (nSPS) is 11.6. The smallest absolute Gasteiger partial charge is 0.241 e. The van der Waals surface area contributed by atoms with Gasteiger partial charge in [-0.15, -0.1) is 0 Å². The molecule has 2 aromatic rings. The van der Waals surface area contributed by atoms with Crippen LogP contribution in [0.25, 0.3) is 10.9 Å². The lowest BCUT2D eigenvalue weighted by atomic mass is 10.0. The van der Waals surface area contributed by atoms with Gasteiger partial charge in [0.15, 0.2) is 0 Å². The number of nitrogens with two attached hydrogens (primary N) is 1. The van der Waals surface area contributed by atoms with Crippen molar-refractivity contribution in [2.75, 3.05) is 13.1 Å². The number of nitrogens with one attached hydrogen (secondary N) is 1. The fourth-order valence-electron chi connectivity index (χ4n) is 2.24. The van der Waals surface area contributed by atoms with Gasteiger partial charge in [0.1, 0.15) is 13.1 Å². The number of H-pyrrole nitrogens is 1. The van der Waals surface area contributed by atoms with E-state index in [0.717, 1.165) is 16.5 Å². The van der Waals surface area contributed by atoms with E-state index in [9.17, 15) is 4.79 Å². The van der Waals surface area contributed by atoms with Gasteiger partial charge in [-0.3, -0.25) is 4.79 Å². The van der Waals surface area contributed by atoms with E-state index in [1.54, 1.807) is 0 Å². The molecular weight excluding hydrogens is 266 g/mol. The summed E-state index contributed by atoms with van der Waals surface area (Å²) in [6.45, 7) is -0.262. The van der Waals surface area contributed by atoms with Gasteiger partial charge in [-0.25, -0.2) is 0 Å². The van der Waals surface area contributed by atoms with Crippen molar-refractivity contribution >= 4 is 16.8 Å². The van der Waals surface area contributed by atoms with Crippen LogP contribution in [-0.4, -0.2) is 34.9 Å². The van der Waals surface area contributed by atoms with Crippen LogP contribution in [-0.2, 0) is 11.2 Å². The Balaban J connectivity index is 2.13. The molecule has 6 nitrogen and oxygen atoms in total. The van der Waals surface area contributed by atoms with Gasteiger partial charge in [-0.2, -0.15) is 10.5 Å². The van der Waals surface area contributed by atoms with Gasteiger partial charge in [0.2, 0.25) is 5.91 Å². The predicted octanol–water partition coefficient (Wildman–Crippen LogP) is 0.913. The van der Waals surface area contributed by atoms with Gasteiger partial charge in [-0.1, -0.05) is 18.2 Å². The molecule has 0 saturated carbocycles. The Morgan fingerprint density at radius 1 is 1.29 bits per heavy atom. The summed E-state index contributed by atoms with van der Waals surface area (Å²) in [6.07, 6.45) is 2.19. The molecule has 1 heterocycles. The summed E-state index contributed by atoms with van der Waals surface area (Å²) in [5.41, 5.74) is 7.87. The summed E-state index contributed by atoms with van der Waals surface area (Å²) in [4.78, 5) is 16.5. The highest BCUT2D eigenvalue weighted by atomic mass is 16.2. The van der Waals surface area contributed by atoms with Gasteiger partial charge >= 0.3 is 0 Å². The first-order valence-corrected chi connectivity index (χ1v) is 6.50. The number of nitrogens with zero attached hydrogens (tertiary/aromatic N) is 3. The van der Waals surface area contributed by atoms with Crippen molar-refractivity contribution < 1.29 is 4.79 Å². The van der Waals surface area contributed by atoms with Gasteiger partial charge in [0.25, 0.3) is 0 Å². The average molecular weight is 281 g/mol. The van der Waals surface area contributed by atoms with Crippen LogP contribution < -0.4 is 5.73 Å². The molecule has 0 saturated heterocycles. The number of benzene rings is 1. The number of para-hydroxylation sites is 1. The van der Waals surface area contributed by atoms with E-state index in [-0.39, 0.29) is 19.0 Å². The number of aromatic amines is 1. The van der Waals surface area contributed by atoms with Crippen LogP contribution in [0.4, 0.5) is 0 Å². The molecule has 0 aliphatic carbocycles. The maximum absolute atomic E-state index is 12.2. The van der Waals surface area contributed by atoms with Crippen molar-refractivity contribution in [1.29, 1.82) is 10.5 Å². The van der Waals surface area contributed by atoms with E-state index in [4.69, 9.17) is 16.3 Å². The molecule has 6 heteroatoms. The second kappa shape index (κ2) is 6.56. The molecule has 1 atom stereocenters. The summed E-state index contributed by atoms with van der Waals surface area (Å²) < 4.78 is 0. The molecule has 106 valence electrons. The van der Waals surface area contributed by atoms with E-state index in [1.807, 2.05) is 42.6 Å². The number of carbonyl (C=O) groups excluding carboxylic acids is 1. The zero-order valence-electron chi connectivity index (χ0n) is 11.4. The summed E-state index contributed by atoms with van der Waals surface area (Å²) in [5, 5.41) is 18.4. The number of carbonyl (C=O) groups is 1. The minimum Gasteiger partial charge on any atom is -0.361 e. The van der Waals surface area contributed by atoms with Crippen molar-refractivity contribution in [3.63, 3.8) is 0 Å². The molecule has 21 heavy (non-hydrogen) atoms. The number of rotatable bonds is 5. The van der Waals surface area contributed by atoms with Crippen molar-refractivity contribution in [2.45, 2.75) is 12.5 Å². The lowest BCUT2D eigenvalue weighted by molar-refractivity contribution is -0.131. The molecule has 0 spiro atoms. The van der Waals surface area contributed by atoms with E-state index in [0.29, 0.717) is 6.42 Å². The first-order valence-electron chi connectivity index (χ1n) is 6.50. The van der Waals surface area contributed by atoms with Gasteiger partial charge in [-0.05, 0) is 18.1 Å². The Morgan fingerprint density at radius 2 is 1.95 bits per heavy atom. The monoisotopic (exact) mass is 281 g/mol. The highest BCUT2D eigenvalue weighted by Crippen LogP contribution is 2.19. The number of fused-ring (bicyclic) bond motifs is 1. The van der Waals surface area contributed by atoms with Gasteiger partial charge < -0.3 is 15.6 Å². The molecule has 0 fully saturated rings. The molecule has 0 unspecified atom stereocenters. The van der Waals surface area contributed by atoms with Crippen molar-refractivity contribution in [3.8, 4) is 12.1 Å². The first kappa shape index (κ1) is 14.6.